The predicted molar refractivity (Wildman–Crippen MR) is 127 cm³/mol. The fourth-order valence-electron chi connectivity index (χ4n) is 4.06. The predicted octanol–water partition coefficient (Wildman–Crippen LogP) is 2.22. The molecule has 34 heavy (non-hydrogen) atoms. The van der Waals surface area contributed by atoms with Gasteiger partial charge in [-0.3, -0.25) is 19.4 Å². The van der Waals surface area contributed by atoms with Gasteiger partial charge < -0.3 is 5.32 Å². The number of fused-ring (bicyclic) bond motifs is 2. The van der Waals surface area contributed by atoms with Gasteiger partial charge in [-0.2, -0.15) is 0 Å². The summed E-state index contributed by atoms with van der Waals surface area (Å²) in [4.78, 5) is 43.0. The number of aromatic nitrogens is 1. The van der Waals surface area contributed by atoms with Gasteiger partial charge in [-0.05, 0) is 54.9 Å². The molecule has 2 unspecified atom stereocenters. The van der Waals surface area contributed by atoms with E-state index in [1.54, 1.807) is 30.6 Å². The van der Waals surface area contributed by atoms with Crippen molar-refractivity contribution in [1.82, 2.24) is 15.0 Å². The molecule has 8 nitrogen and oxygen atoms in total. The second kappa shape index (κ2) is 11.5. The summed E-state index contributed by atoms with van der Waals surface area (Å²) < 4.78 is 28.3. The number of carbonyl (C=O) groups is 3. The molecule has 2 N–H and O–H groups in total. The Bertz CT molecular complexity index is 1130. The first-order chi connectivity index (χ1) is 16.2. The molecule has 9 heteroatoms. The third kappa shape index (κ3) is 7.04. The monoisotopic (exact) mass is 485 g/mol. The van der Waals surface area contributed by atoms with Gasteiger partial charge in [0.05, 0.1) is 10.9 Å². The number of rotatable bonds is 8. The third-order valence-electron chi connectivity index (χ3n) is 5.75. The number of hydrogen-bond donors (Lipinski definition) is 2. The number of Topliss-reactive ketones (excluding diaryl/α,β-unsaturated/α-hetero) is 2. The highest BCUT2D eigenvalue weighted by atomic mass is 32.2. The van der Waals surface area contributed by atoms with Crippen molar-refractivity contribution < 1.29 is 22.8 Å². The molecule has 2 atom stereocenters. The minimum atomic E-state index is -3.93. The number of hydrogen-bond acceptors (Lipinski definition) is 6. The lowest BCUT2D eigenvalue weighted by atomic mass is 9.87. The van der Waals surface area contributed by atoms with E-state index in [0.29, 0.717) is 13.0 Å². The van der Waals surface area contributed by atoms with Gasteiger partial charge in [0, 0.05) is 31.3 Å². The van der Waals surface area contributed by atoms with Crippen LogP contribution in [0.4, 0.5) is 0 Å². The quantitative estimate of drug-likeness (QED) is 0.553. The number of amides is 1. The van der Waals surface area contributed by atoms with Crippen LogP contribution in [0.3, 0.4) is 0 Å². The maximum atomic E-state index is 13.3. The average molecular weight is 486 g/mol. The molecule has 3 rings (SSSR count). The molecule has 2 heterocycles. The summed E-state index contributed by atoms with van der Waals surface area (Å²) in [6.45, 7) is 4.13. The summed E-state index contributed by atoms with van der Waals surface area (Å²) >= 11 is 0. The Labute approximate surface area is 200 Å². The molecule has 182 valence electrons. The van der Waals surface area contributed by atoms with Crippen LogP contribution in [-0.4, -0.2) is 43.5 Å². The highest BCUT2D eigenvalue weighted by Crippen LogP contribution is 2.20. The van der Waals surface area contributed by atoms with Crippen LogP contribution >= 0.6 is 0 Å². The number of benzene rings is 1. The Kier molecular flexibility index (Phi) is 8.68. The Morgan fingerprint density at radius 3 is 2.56 bits per heavy atom. The van der Waals surface area contributed by atoms with E-state index in [1.807, 2.05) is 19.9 Å². The lowest BCUT2D eigenvalue weighted by Gasteiger charge is -2.22. The molecule has 0 radical (unpaired) electrons. The zero-order valence-corrected chi connectivity index (χ0v) is 20.3. The molecule has 1 amide bonds. The van der Waals surface area contributed by atoms with Crippen molar-refractivity contribution in [3.05, 3.63) is 59.9 Å². The number of nitrogens with one attached hydrogen (secondary N) is 2. The van der Waals surface area contributed by atoms with E-state index >= 15 is 0 Å². The number of aryl methyl sites for hydroxylation is 1. The largest absolute Gasteiger partial charge is 0.349 e. The van der Waals surface area contributed by atoms with Gasteiger partial charge in [-0.1, -0.05) is 38.1 Å². The van der Waals surface area contributed by atoms with Crippen molar-refractivity contribution in [3.8, 4) is 0 Å². The summed E-state index contributed by atoms with van der Waals surface area (Å²) in [5.74, 6) is -2.68. The molecular formula is C25H31N3O5S. The zero-order chi connectivity index (χ0) is 24.7. The number of carbonyl (C=O) groups excluding carboxylic acids is 3. The highest BCUT2D eigenvalue weighted by molar-refractivity contribution is 7.89. The molecule has 0 aliphatic carbocycles. The van der Waals surface area contributed by atoms with Crippen LogP contribution in [0.2, 0.25) is 0 Å². The number of nitrogens with zero attached hydrogens (tertiary/aromatic N) is 1. The maximum absolute atomic E-state index is 13.3. The Morgan fingerprint density at radius 1 is 1.15 bits per heavy atom. The van der Waals surface area contributed by atoms with E-state index in [1.165, 1.54) is 12.1 Å². The van der Waals surface area contributed by atoms with Gasteiger partial charge in [0.25, 0.3) is 5.91 Å². The normalized spacial score (nSPS) is 18.1. The Balaban J connectivity index is 1.84. The minimum absolute atomic E-state index is 0.0277. The number of pyridine rings is 1. The third-order valence-corrected chi connectivity index (χ3v) is 7.24. The molecule has 2 aromatic rings. The SMILES string of the molecule is CC(C)CC(NS(=O)(=O)c1ccccc1)C(=O)CC1Cc2cncc(c2)CCCNC(=O)C1=O. The molecule has 1 aromatic heterocycles. The van der Waals surface area contributed by atoms with Crippen LogP contribution in [0.1, 0.15) is 44.2 Å². The topological polar surface area (TPSA) is 122 Å². The van der Waals surface area contributed by atoms with Gasteiger partial charge in [0.1, 0.15) is 0 Å². The first-order valence-electron chi connectivity index (χ1n) is 11.5. The number of sulfonamides is 1. The van der Waals surface area contributed by atoms with Gasteiger partial charge in [-0.15, -0.1) is 0 Å². The summed E-state index contributed by atoms with van der Waals surface area (Å²) in [5, 5.41) is 2.63. The summed E-state index contributed by atoms with van der Waals surface area (Å²) in [7, 11) is -3.93. The van der Waals surface area contributed by atoms with E-state index in [2.05, 4.69) is 15.0 Å². The fourth-order valence-corrected chi connectivity index (χ4v) is 5.31. The molecule has 0 saturated carbocycles. The smallest absolute Gasteiger partial charge is 0.287 e. The van der Waals surface area contributed by atoms with Gasteiger partial charge in [-0.25, -0.2) is 13.1 Å². The fraction of sp³-hybridized carbons (Fsp3) is 0.440. The van der Waals surface area contributed by atoms with E-state index in [4.69, 9.17) is 0 Å². The molecule has 1 aliphatic heterocycles. The van der Waals surface area contributed by atoms with Crippen LogP contribution < -0.4 is 10.0 Å². The minimum Gasteiger partial charge on any atom is -0.349 e. The standard InChI is InChI=1S/C25H31N3O5S/c1-17(2)11-22(28-34(32,33)21-8-4-3-5-9-21)23(29)14-20-13-19-12-18(15-26-16-19)7-6-10-27-25(31)24(20)30/h3-5,8-9,12,15-17,20,22,28H,6-7,10-11,13-14H2,1-2H3,(H,27,31). The highest BCUT2D eigenvalue weighted by Gasteiger charge is 2.33. The molecule has 2 bridgehead atoms. The molecule has 0 spiro atoms. The van der Waals surface area contributed by atoms with Crippen molar-refractivity contribution in [3.63, 3.8) is 0 Å². The van der Waals surface area contributed by atoms with E-state index in [0.717, 1.165) is 17.5 Å². The van der Waals surface area contributed by atoms with Crippen LogP contribution in [0.5, 0.6) is 0 Å². The van der Waals surface area contributed by atoms with Crippen LogP contribution in [0.15, 0.2) is 53.7 Å². The average Bonchev–Trinajstić information content (AvgIpc) is 2.81. The summed E-state index contributed by atoms with van der Waals surface area (Å²) in [5.41, 5.74) is 1.77. The van der Waals surface area contributed by atoms with Gasteiger partial charge >= 0.3 is 0 Å². The summed E-state index contributed by atoms with van der Waals surface area (Å²) in [6.07, 6.45) is 4.98. The van der Waals surface area contributed by atoms with E-state index < -0.39 is 39.5 Å². The van der Waals surface area contributed by atoms with Crippen molar-refractivity contribution in [1.29, 1.82) is 0 Å². The number of ketones is 2. The van der Waals surface area contributed by atoms with Crippen molar-refractivity contribution in [2.75, 3.05) is 6.54 Å². The van der Waals surface area contributed by atoms with Crippen molar-refractivity contribution >= 4 is 27.5 Å². The lowest BCUT2D eigenvalue weighted by molar-refractivity contribution is -0.141. The molecule has 0 fully saturated rings. The van der Waals surface area contributed by atoms with Crippen molar-refractivity contribution in [2.45, 2.75) is 56.9 Å². The van der Waals surface area contributed by atoms with Crippen LogP contribution in [0.25, 0.3) is 0 Å². The molecular weight excluding hydrogens is 454 g/mol. The second-order valence-corrected chi connectivity index (χ2v) is 10.8. The maximum Gasteiger partial charge on any atom is 0.287 e. The Hall–Kier alpha value is -2.91. The first kappa shape index (κ1) is 25.7. The molecule has 1 aromatic carbocycles. The zero-order valence-electron chi connectivity index (χ0n) is 19.5. The lowest BCUT2D eigenvalue weighted by Crippen LogP contribution is -2.44. The first-order valence-corrected chi connectivity index (χ1v) is 13.0. The van der Waals surface area contributed by atoms with Crippen LogP contribution in [0, 0.1) is 11.8 Å². The second-order valence-electron chi connectivity index (χ2n) is 9.11. The van der Waals surface area contributed by atoms with Crippen molar-refractivity contribution in [2.24, 2.45) is 11.8 Å². The van der Waals surface area contributed by atoms with Gasteiger partial charge in [0.15, 0.2) is 5.78 Å². The Morgan fingerprint density at radius 2 is 1.85 bits per heavy atom. The molecule has 0 saturated heterocycles. The van der Waals surface area contributed by atoms with Gasteiger partial charge in [0.2, 0.25) is 15.8 Å². The van der Waals surface area contributed by atoms with Crippen LogP contribution in [-0.2, 0) is 37.2 Å². The molecule has 1 aliphatic rings. The van der Waals surface area contributed by atoms with E-state index in [-0.39, 0.29) is 30.1 Å². The van der Waals surface area contributed by atoms with E-state index in [9.17, 15) is 22.8 Å². The summed E-state index contributed by atoms with van der Waals surface area (Å²) in [6, 6.07) is 8.76.